The van der Waals surface area contributed by atoms with Crippen molar-refractivity contribution in [3.05, 3.63) is 0 Å². The van der Waals surface area contributed by atoms with Crippen molar-refractivity contribution in [2.45, 2.75) is 148 Å². The second-order valence-electron chi connectivity index (χ2n) is 8.63. The lowest BCUT2D eigenvalue weighted by molar-refractivity contribution is -0.157. The van der Waals surface area contributed by atoms with Crippen molar-refractivity contribution in [1.82, 2.24) is 0 Å². The minimum atomic E-state index is -3.26. The van der Waals surface area contributed by atoms with Gasteiger partial charge >= 0.3 is 11.9 Å². The maximum absolute atomic E-state index is 12.3. The first-order valence-electron chi connectivity index (χ1n) is 15.5. The van der Waals surface area contributed by atoms with Crippen molar-refractivity contribution < 1.29 is 25.9 Å². The Morgan fingerprint density at radius 3 is 1.47 bits per heavy atom. The molecule has 0 saturated carbocycles. The summed E-state index contributed by atoms with van der Waals surface area (Å²) in [6.45, 7) is 1.09. The Kier molecular flexibility index (Phi) is 17.9. The van der Waals surface area contributed by atoms with Crippen LogP contribution in [0, 0.1) is 0 Å². The molecule has 5 heteroatoms. The Morgan fingerprint density at radius 1 is 0.688 bits per heavy atom. The van der Waals surface area contributed by atoms with E-state index in [4.69, 9.17) is 27.9 Å². The van der Waals surface area contributed by atoms with Crippen molar-refractivity contribution >= 4 is 23.5 Å². The standard InChI is InChI=1S/C27H51ClO4/c1-3-5-7-9-11-13-15-17-19-21-26(29)31-24-25(23-28)32-27(30)22-20-18-16-14-12-10-8-6-4-2/h25H,3-24H2,1-2H3/i23D2,24D2,25D. The van der Waals surface area contributed by atoms with Crippen molar-refractivity contribution in [3.63, 3.8) is 0 Å². The predicted molar refractivity (Wildman–Crippen MR) is 135 cm³/mol. The van der Waals surface area contributed by atoms with Crippen LogP contribution in [0.1, 0.15) is 149 Å². The van der Waals surface area contributed by atoms with Gasteiger partial charge in [0, 0.05) is 15.6 Å². The van der Waals surface area contributed by atoms with Crippen molar-refractivity contribution in [1.29, 1.82) is 0 Å². The highest BCUT2D eigenvalue weighted by molar-refractivity contribution is 6.18. The highest BCUT2D eigenvalue weighted by Gasteiger charge is 2.16. The fraction of sp³-hybridized carbons (Fsp3) is 0.926. The number of hydrogen-bond donors (Lipinski definition) is 0. The Balaban J connectivity index is 4.50. The first-order chi connectivity index (χ1) is 17.4. The molecule has 0 aliphatic heterocycles. The van der Waals surface area contributed by atoms with Crippen LogP contribution in [0.2, 0.25) is 0 Å². The minimum Gasteiger partial charge on any atom is -0.462 e. The van der Waals surface area contributed by atoms with E-state index in [0.717, 1.165) is 51.4 Å². The maximum atomic E-state index is 12.3. The quantitative estimate of drug-likeness (QED) is 0.0790. The van der Waals surface area contributed by atoms with E-state index in [0.29, 0.717) is 12.8 Å². The molecule has 0 aliphatic carbocycles. The second kappa shape index (κ2) is 24.9. The van der Waals surface area contributed by atoms with Gasteiger partial charge in [0.25, 0.3) is 0 Å². The fourth-order valence-electron chi connectivity index (χ4n) is 3.54. The third-order valence-corrected chi connectivity index (χ3v) is 5.70. The molecular formula is C27H51ClO4. The van der Waals surface area contributed by atoms with Crippen LogP contribution in [-0.4, -0.2) is 30.4 Å². The van der Waals surface area contributed by atoms with Crippen LogP contribution in [0.15, 0.2) is 0 Å². The molecule has 0 radical (unpaired) electrons. The molecule has 0 rings (SSSR count). The summed E-state index contributed by atoms with van der Waals surface area (Å²) < 4.78 is 49.5. The number of ether oxygens (including phenoxy) is 2. The van der Waals surface area contributed by atoms with Crippen molar-refractivity contribution in [3.8, 4) is 0 Å². The minimum absolute atomic E-state index is 0.0664. The summed E-state index contributed by atoms with van der Waals surface area (Å²) in [6.07, 6.45) is 15.3. The van der Waals surface area contributed by atoms with Crippen LogP contribution in [0.5, 0.6) is 0 Å². The molecule has 0 amide bonds. The first-order valence-corrected chi connectivity index (χ1v) is 13.4. The van der Waals surface area contributed by atoms with Gasteiger partial charge in [0.1, 0.15) is 12.6 Å². The SMILES string of the molecule is [2H]C([2H])(Cl)C([2H])(OC(=O)CCCCCCCCCCC)C([2H])([2H])OC(=O)CCCCCCCCCCC. The van der Waals surface area contributed by atoms with Gasteiger partial charge in [-0.15, -0.1) is 11.6 Å². The molecule has 0 fully saturated rings. The summed E-state index contributed by atoms with van der Waals surface area (Å²) in [5.74, 6) is -4.98. The lowest BCUT2D eigenvalue weighted by Gasteiger charge is -2.15. The highest BCUT2D eigenvalue weighted by atomic mass is 35.5. The van der Waals surface area contributed by atoms with Gasteiger partial charge in [-0.1, -0.05) is 117 Å². The number of rotatable bonds is 24. The molecule has 1 atom stereocenters. The van der Waals surface area contributed by atoms with Gasteiger partial charge in [-0.3, -0.25) is 9.59 Å². The Labute approximate surface area is 210 Å². The van der Waals surface area contributed by atoms with Gasteiger partial charge in [0.05, 0.1) is 9.94 Å². The average Bonchev–Trinajstić information content (AvgIpc) is 2.80. The van der Waals surface area contributed by atoms with Gasteiger partial charge in [-0.25, -0.2) is 0 Å². The highest BCUT2D eigenvalue weighted by Crippen LogP contribution is 2.13. The van der Waals surface area contributed by atoms with Crippen LogP contribution < -0.4 is 0 Å². The average molecular weight is 480 g/mol. The van der Waals surface area contributed by atoms with Crippen LogP contribution >= 0.6 is 11.6 Å². The van der Waals surface area contributed by atoms with Crippen LogP contribution in [0.25, 0.3) is 0 Å². The van der Waals surface area contributed by atoms with Gasteiger partial charge < -0.3 is 9.47 Å². The topological polar surface area (TPSA) is 52.6 Å². The Bertz CT molecular complexity index is 616. The lowest BCUT2D eigenvalue weighted by atomic mass is 10.1. The zero-order chi connectivity index (χ0) is 28.2. The Hall–Kier alpha value is -0.770. The molecule has 0 aromatic heterocycles. The molecule has 0 aromatic carbocycles. The molecule has 0 N–H and O–H groups in total. The molecule has 4 nitrogen and oxygen atoms in total. The summed E-state index contributed by atoms with van der Waals surface area (Å²) in [7, 11) is 0. The number of carbonyl (C=O) groups is 2. The van der Waals surface area contributed by atoms with Crippen LogP contribution in [-0.2, 0) is 19.1 Å². The third-order valence-electron chi connectivity index (χ3n) is 5.53. The second-order valence-corrected chi connectivity index (χ2v) is 8.82. The van der Waals surface area contributed by atoms with E-state index in [2.05, 4.69) is 13.8 Å². The van der Waals surface area contributed by atoms with Gasteiger partial charge in [0.15, 0.2) is 0 Å². The predicted octanol–water partition coefficient (Wildman–Crippen LogP) is 8.52. The van der Waals surface area contributed by atoms with E-state index in [1.807, 2.05) is 0 Å². The number of alkyl halides is 1. The number of unbranched alkanes of at least 4 members (excludes halogenated alkanes) is 16. The van der Waals surface area contributed by atoms with Crippen LogP contribution in [0.4, 0.5) is 0 Å². The summed E-state index contributed by atoms with van der Waals surface area (Å²) in [6, 6.07) is 0. The van der Waals surface area contributed by atoms with Gasteiger partial charge in [-0.2, -0.15) is 0 Å². The number of carbonyl (C=O) groups excluding carboxylic acids is 2. The summed E-state index contributed by atoms with van der Waals surface area (Å²) in [5.41, 5.74) is 0. The van der Waals surface area contributed by atoms with E-state index in [-0.39, 0.29) is 12.8 Å². The van der Waals surface area contributed by atoms with Gasteiger partial charge in [-0.05, 0) is 12.8 Å². The smallest absolute Gasteiger partial charge is 0.306 e. The van der Waals surface area contributed by atoms with Crippen molar-refractivity contribution in [2.75, 3.05) is 12.4 Å². The Morgan fingerprint density at radius 2 is 1.06 bits per heavy atom. The number of esters is 2. The van der Waals surface area contributed by atoms with E-state index >= 15 is 0 Å². The fourth-order valence-corrected chi connectivity index (χ4v) is 3.62. The number of halogens is 1. The molecule has 0 heterocycles. The van der Waals surface area contributed by atoms with E-state index in [1.165, 1.54) is 51.4 Å². The molecule has 0 aromatic rings. The molecule has 0 spiro atoms. The largest absolute Gasteiger partial charge is 0.462 e. The number of hydrogen-bond acceptors (Lipinski definition) is 4. The van der Waals surface area contributed by atoms with E-state index in [1.54, 1.807) is 0 Å². The zero-order valence-electron chi connectivity index (χ0n) is 25.7. The van der Waals surface area contributed by atoms with Crippen LogP contribution in [0.3, 0.4) is 0 Å². The normalized spacial score (nSPS) is 16.2. The monoisotopic (exact) mass is 479 g/mol. The molecular weight excluding hydrogens is 424 g/mol. The third kappa shape index (κ3) is 22.4. The van der Waals surface area contributed by atoms with E-state index in [9.17, 15) is 9.59 Å². The van der Waals surface area contributed by atoms with E-state index < -0.39 is 30.4 Å². The molecule has 0 saturated heterocycles. The first kappa shape index (κ1) is 23.0. The molecule has 190 valence electrons. The molecule has 0 aliphatic rings. The zero-order valence-corrected chi connectivity index (χ0v) is 21.4. The summed E-state index contributed by atoms with van der Waals surface area (Å²) in [4.78, 5) is 24.6. The summed E-state index contributed by atoms with van der Waals surface area (Å²) in [5, 5.41) is 0. The summed E-state index contributed by atoms with van der Waals surface area (Å²) >= 11 is 5.65. The van der Waals surface area contributed by atoms with Crippen molar-refractivity contribution in [2.24, 2.45) is 0 Å². The molecule has 32 heavy (non-hydrogen) atoms. The molecule has 1 unspecified atom stereocenters. The molecule has 0 bridgehead atoms. The lowest BCUT2D eigenvalue weighted by Crippen LogP contribution is -2.26. The maximum Gasteiger partial charge on any atom is 0.306 e. The van der Waals surface area contributed by atoms with Gasteiger partial charge in [0.2, 0.25) is 0 Å².